The van der Waals surface area contributed by atoms with Crippen LogP contribution in [0.5, 0.6) is 0 Å². The normalized spacial score (nSPS) is 11.2. The molecule has 1 heterocycles. The minimum Gasteiger partial charge on any atom is -0.248 e. The molecule has 0 amide bonds. The Morgan fingerprint density at radius 2 is 1.60 bits per heavy atom. The highest BCUT2D eigenvalue weighted by Gasteiger charge is 2.09. The fourth-order valence-electron chi connectivity index (χ4n) is 2.65. The van der Waals surface area contributed by atoms with E-state index in [2.05, 4.69) is 65.5 Å². The summed E-state index contributed by atoms with van der Waals surface area (Å²) in [5.74, 6) is 0. The average Bonchev–Trinajstić information content (AvgIpc) is 2.66. The summed E-state index contributed by atoms with van der Waals surface area (Å²) in [5.41, 5.74) is 6.10. The van der Waals surface area contributed by atoms with Crippen molar-refractivity contribution in [1.82, 2.24) is 4.98 Å². The van der Waals surface area contributed by atoms with E-state index in [9.17, 15) is 0 Å². The van der Waals surface area contributed by atoms with Crippen LogP contribution in [-0.2, 0) is 0 Å². The minimum atomic E-state index is 0.881. The monoisotopic (exact) mass is 387 g/mol. The number of hydrogen-bond donors (Lipinski definition) is 0. The van der Waals surface area contributed by atoms with Gasteiger partial charge in [0.05, 0.1) is 11.4 Å². The molecule has 0 radical (unpaired) electrons. The van der Waals surface area contributed by atoms with Crippen LogP contribution in [0.4, 0.5) is 0 Å². The zero-order chi connectivity index (χ0) is 17.6. The standard InChI is InChI=1S/C23H18BrN/c1-3-9-17(4-2)22-15-20(19-12-8-13-21(24)14-19)16-23(25-22)18-10-6-5-7-11-18/h3-16H,1-2H2/b17-9+. The molecule has 2 aromatic carbocycles. The van der Waals surface area contributed by atoms with Crippen molar-refractivity contribution >= 4 is 21.5 Å². The Morgan fingerprint density at radius 1 is 0.840 bits per heavy atom. The second-order valence-corrected chi connectivity index (χ2v) is 6.48. The van der Waals surface area contributed by atoms with Gasteiger partial charge in [-0.3, -0.25) is 0 Å². The molecule has 0 unspecified atom stereocenters. The van der Waals surface area contributed by atoms with E-state index in [0.29, 0.717) is 0 Å². The summed E-state index contributed by atoms with van der Waals surface area (Å²) in [4.78, 5) is 4.84. The molecule has 3 rings (SSSR count). The molecule has 1 nitrogen and oxygen atoms in total. The van der Waals surface area contributed by atoms with Crippen LogP contribution >= 0.6 is 15.9 Å². The lowest BCUT2D eigenvalue weighted by atomic mass is 10.00. The highest BCUT2D eigenvalue weighted by atomic mass is 79.9. The van der Waals surface area contributed by atoms with Crippen molar-refractivity contribution in [3.63, 3.8) is 0 Å². The summed E-state index contributed by atoms with van der Waals surface area (Å²) in [5, 5.41) is 0. The number of pyridine rings is 1. The van der Waals surface area contributed by atoms with Gasteiger partial charge in [-0.05, 0) is 41.0 Å². The van der Waals surface area contributed by atoms with Gasteiger partial charge < -0.3 is 0 Å². The van der Waals surface area contributed by atoms with Crippen LogP contribution in [0.3, 0.4) is 0 Å². The van der Waals surface area contributed by atoms with Crippen LogP contribution in [0.2, 0.25) is 0 Å². The topological polar surface area (TPSA) is 12.9 Å². The van der Waals surface area contributed by atoms with Crippen LogP contribution in [0.1, 0.15) is 5.69 Å². The van der Waals surface area contributed by atoms with Crippen molar-refractivity contribution in [2.24, 2.45) is 0 Å². The Morgan fingerprint density at radius 3 is 2.28 bits per heavy atom. The molecule has 25 heavy (non-hydrogen) atoms. The Labute approximate surface area is 157 Å². The fraction of sp³-hybridized carbons (Fsp3) is 0. The highest BCUT2D eigenvalue weighted by Crippen LogP contribution is 2.30. The van der Waals surface area contributed by atoms with Gasteiger partial charge in [-0.1, -0.05) is 89.8 Å². The van der Waals surface area contributed by atoms with Gasteiger partial charge in [0, 0.05) is 10.0 Å². The summed E-state index contributed by atoms with van der Waals surface area (Å²) >= 11 is 3.55. The molecule has 0 atom stereocenters. The third kappa shape index (κ3) is 4.04. The van der Waals surface area contributed by atoms with Crippen molar-refractivity contribution in [1.29, 1.82) is 0 Å². The van der Waals surface area contributed by atoms with E-state index in [-0.39, 0.29) is 0 Å². The molecule has 3 aromatic rings. The average molecular weight is 388 g/mol. The first-order valence-electron chi connectivity index (χ1n) is 8.00. The second kappa shape index (κ2) is 7.91. The van der Waals surface area contributed by atoms with Gasteiger partial charge in [0.25, 0.3) is 0 Å². The van der Waals surface area contributed by atoms with Crippen molar-refractivity contribution in [2.75, 3.05) is 0 Å². The molecular formula is C23H18BrN. The summed E-state index contributed by atoms with van der Waals surface area (Å²) in [6.45, 7) is 7.70. The number of nitrogens with zero attached hydrogens (tertiary/aromatic N) is 1. The van der Waals surface area contributed by atoms with Gasteiger partial charge in [0.15, 0.2) is 0 Å². The quantitative estimate of drug-likeness (QED) is 0.432. The fourth-order valence-corrected chi connectivity index (χ4v) is 3.05. The molecular weight excluding hydrogens is 370 g/mol. The van der Waals surface area contributed by atoms with E-state index in [1.54, 1.807) is 6.08 Å². The van der Waals surface area contributed by atoms with Crippen LogP contribution in [-0.4, -0.2) is 4.98 Å². The lowest BCUT2D eigenvalue weighted by Gasteiger charge is -2.11. The largest absolute Gasteiger partial charge is 0.248 e. The number of hydrogen-bond acceptors (Lipinski definition) is 1. The molecule has 1 aromatic heterocycles. The van der Waals surface area contributed by atoms with Gasteiger partial charge in [-0.2, -0.15) is 0 Å². The molecule has 0 fully saturated rings. The van der Waals surface area contributed by atoms with E-state index in [1.807, 2.05) is 42.5 Å². The molecule has 0 aliphatic carbocycles. The highest BCUT2D eigenvalue weighted by molar-refractivity contribution is 9.10. The minimum absolute atomic E-state index is 0.881. The van der Waals surface area contributed by atoms with Crippen LogP contribution in [0.25, 0.3) is 28.0 Å². The summed E-state index contributed by atoms with van der Waals surface area (Å²) in [7, 11) is 0. The molecule has 0 aliphatic heterocycles. The lowest BCUT2D eigenvalue weighted by Crippen LogP contribution is -1.93. The predicted octanol–water partition coefficient (Wildman–Crippen LogP) is 6.93. The van der Waals surface area contributed by atoms with Crippen molar-refractivity contribution in [3.8, 4) is 22.4 Å². The molecule has 0 saturated carbocycles. The van der Waals surface area contributed by atoms with Crippen LogP contribution in [0, 0.1) is 0 Å². The first-order valence-corrected chi connectivity index (χ1v) is 8.79. The van der Waals surface area contributed by atoms with Gasteiger partial charge in [0.2, 0.25) is 0 Å². The van der Waals surface area contributed by atoms with Gasteiger partial charge in [-0.25, -0.2) is 4.98 Å². The summed E-state index contributed by atoms with van der Waals surface area (Å²) in [6.07, 6.45) is 5.49. The first kappa shape index (κ1) is 17.1. The van der Waals surface area contributed by atoms with E-state index in [0.717, 1.165) is 38.1 Å². The number of benzene rings is 2. The first-order chi connectivity index (χ1) is 12.2. The Hall–Kier alpha value is -2.71. The molecule has 2 heteroatoms. The summed E-state index contributed by atoms with van der Waals surface area (Å²) in [6, 6.07) is 22.7. The zero-order valence-corrected chi connectivity index (χ0v) is 15.4. The summed E-state index contributed by atoms with van der Waals surface area (Å²) < 4.78 is 1.05. The molecule has 0 N–H and O–H groups in total. The molecule has 0 aliphatic rings. The second-order valence-electron chi connectivity index (χ2n) is 5.56. The Kier molecular flexibility index (Phi) is 5.42. The third-order valence-corrected chi connectivity index (χ3v) is 4.36. The number of rotatable bonds is 5. The zero-order valence-electron chi connectivity index (χ0n) is 13.8. The molecule has 0 saturated heterocycles. The Balaban J connectivity index is 2.23. The van der Waals surface area contributed by atoms with Gasteiger partial charge >= 0.3 is 0 Å². The number of allylic oxidation sites excluding steroid dienone is 4. The predicted molar refractivity (Wildman–Crippen MR) is 111 cm³/mol. The number of halogens is 1. The van der Waals surface area contributed by atoms with E-state index in [1.165, 1.54) is 0 Å². The van der Waals surface area contributed by atoms with E-state index < -0.39 is 0 Å². The maximum absolute atomic E-state index is 4.84. The van der Waals surface area contributed by atoms with Crippen molar-refractivity contribution in [3.05, 3.63) is 108 Å². The van der Waals surface area contributed by atoms with Gasteiger partial charge in [-0.15, -0.1) is 0 Å². The Bertz CT molecular complexity index is 939. The van der Waals surface area contributed by atoms with Crippen LogP contribution < -0.4 is 0 Å². The smallest absolute Gasteiger partial charge is 0.0715 e. The van der Waals surface area contributed by atoms with E-state index in [4.69, 9.17) is 4.98 Å². The number of aromatic nitrogens is 1. The van der Waals surface area contributed by atoms with Crippen molar-refractivity contribution < 1.29 is 0 Å². The van der Waals surface area contributed by atoms with Crippen molar-refractivity contribution in [2.45, 2.75) is 0 Å². The van der Waals surface area contributed by atoms with E-state index >= 15 is 0 Å². The van der Waals surface area contributed by atoms with Gasteiger partial charge in [0.1, 0.15) is 0 Å². The maximum atomic E-state index is 4.84. The molecule has 0 spiro atoms. The molecule has 122 valence electrons. The molecule has 0 bridgehead atoms. The lowest BCUT2D eigenvalue weighted by molar-refractivity contribution is 1.28. The third-order valence-electron chi connectivity index (χ3n) is 3.87. The SMILES string of the molecule is C=C/C=C(\C=C)c1cc(-c2cccc(Br)c2)cc(-c2ccccc2)n1. The maximum Gasteiger partial charge on any atom is 0.0715 e. The van der Waals surface area contributed by atoms with Crippen LogP contribution in [0.15, 0.2) is 103 Å².